The van der Waals surface area contributed by atoms with Crippen LogP contribution in [0.2, 0.25) is 0 Å². The molecular weight excluding hydrogens is 324 g/mol. The Balaban J connectivity index is 1.50. The van der Waals surface area contributed by atoms with Crippen LogP contribution in [0.4, 0.5) is 5.82 Å². The highest BCUT2D eigenvalue weighted by Crippen LogP contribution is 2.10. The number of hydrogen-bond donors (Lipinski definition) is 2. The maximum atomic E-state index is 11.8. The number of nitrogens with zero attached hydrogens (tertiary/aromatic N) is 4. The fourth-order valence-electron chi connectivity index (χ4n) is 2.26. The van der Waals surface area contributed by atoms with E-state index >= 15 is 0 Å². The largest absolute Gasteiger partial charge is 0.367 e. The van der Waals surface area contributed by atoms with Crippen LogP contribution < -0.4 is 10.6 Å². The van der Waals surface area contributed by atoms with Gasteiger partial charge in [-0.15, -0.1) is 10.2 Å². The number of aryl methyl sites for hydroxylation is 2. The Bertz CT molecular complexity index is 810. The number of aromatic nitrogens is 4. The molecule has 24 heavy (non-hydrogen) atoms. The van der Waals surface area contributed by atoms with Gasteiger partial charge in [0.25, 0.3) is 5.91 Å². The summed E-state index contributed by atoms with van der Waals surface area (Å²) < 4.78 is 1.76. The summed E-state index contributed by atoms with van der Waals surface area (Å²) in [5.41, 5.74) is 2.64. The van der Waals surface area contributed by atoms with Crippen molar-refractivity contribution in [3.05, 3.63) is 52.0 Å². The van der Waals surface area contributed by atoms with Crippen molar-refractivity contribution in [3.63, 3.8) is 0 Å². The molecule has 0 atom stereocenters. The smallest absolute Gasteiger partial charge is 0.252 e. The predicted octanol–water partition coefficient (Wildman–Crippen LogP) is 2.18. The second kappa shape index (κ2) is 7.22. The first kappa shape index (κ1) is 16.1. The summed E-state index contributed by atoms with van der Waals surface area (Å²) in [7, 11) is 0. The first-order valence-electron chi connectivity index (χ1n) is 7.55. The molecule has 3 aromatic heterocycles. The highest BCUT2D eigenvalue weighted by Gasteiger charge is 2.06. The predicted molar refractivity (Wildman–Crippen MR) is 93.8 cm³/mol. The van der Waals surface area contributed by atoms with Crippen LogP contribution >= 0.6 is 11.3 Å². The van der Waals surface area contributed by atoms with Crippen LogP contribution in [0.1, 0.15) is 21.7 Å². The molecule has 0 saturated carbocycles. The lowest BCUT2D eigenvalue weighted by Crippen LogP contribution is -2.28. The van der Waals surface area contributed by atoms with Crippen molar-refractivity contribution in [3.8, 4) is 5.82 Å². The lowest BCUT2D eigenvalue weighted by molar-refractivity contribution is 0.0955. The van der Waals surface area contributed by atoms with E-state index in [4.69, 9.17) is 0 Å². The number of anilines is 1. The number of nitrogens with one attached hydrogen (secondary N) is 2. The van der Waals surface area contributed by atoms with Gasteiger partial charge in [0.05, 0.1) is 5.69 Å². The van der Waals surface area contributed by atoms with E-state index in [9.17, 15) is 4.79 Å². The van der Waals surface area contributed by atoms with Gasteiger partial charge in [-0.05, 0) is 43.5 Å². The number of carbonyl (C=O) groups is 1. The van der Waals surface area contributed by atoms with Crippen molar-refractivity contribution in [1.82, 2.24) is 25.3 Å². The maximum Gasteiger partial charge on any atom is 0.252 e. The molecule has 7 nitrogen and oxygen atoms in total. The molecule has 3 aromatic rings. The second-order valence-electron chi connectivity index (χ2n) is 5.31. The molecule has 2 N–H and O–H groups in total. The van der Waals surface area contributed by atoms with Gasteiger partial charge in [-0.2, -0.15) is 16.4 Å². The second-order valence-corrected chi connectivity index (χ2v) is 6.09. The van der Waals surface area contributed by atoms with Crippen molar-refractivity contribution in [2.45, 2.75) is 13.8 Å². The monoisotopic (exact) mass is 342 g/mol. The van der Waals surface area contributed by atoms with Gasteiger partial charge in [-0.25, -0.2) is 4.68 Å². The van der Waals surface area contributed by atoms with Gasteiger partial charge in [0.1, 0.15) is 5.82 Å². The molecule has 0 bridgehead atoms. The molecule has 1 amide bonds. The molecule has 0 aliphatic carbocycles. The average Bonchev–Trinajstić information content (AvgIpc) is 3.22. The number of carbonyl (C=O) groups excluding carboxylic acids is 1. The third-order valence-corrected chi connectivity index (χ3v) is 4.06. The highest BCUT2D eigenvalue weighted by atomic mass is 32.1. The number of thiophene rings is 1. The summed E-state index contributed by atoms with van der Waals surface area (Å²) in [6, 6.07) is 7.50. The zero-order chi connectivity index (χ0) is 16.9. The maximum absolute atomic E-state index is 11.8. The minimum absolute atomic E-state index is 0.0657. The van der Waals surface area contributed by atoms with E-state index in [1.165, 1.54) is 11.3 Å². The van der Waals surface area contributed by atoms with Gasteiger partial charge in [0.2, 0.25) is 0 Å². The van der Waals surface area contributed by atoms with Crippen molar-refractivity contribution in [2.75, 3.05) is 18.4 Å². The number of amides is 1. The van der Waals surface area contributed by atoms with E-state index in [1.54, 1.807) is 10.7 Å². The summed E-state index contributed by atoms with van der Waals surface area (Å²) in [5, 5.41) is 22.4. The molecule has 8 heteroatoms. The van der Waals surface area contributed by atoms with E-state index in [-0.39, 0.29) is 5.91 Å². The Kier molecular flexibility index (Phi) is 4.85. The molecule has 0 radical (unpaired) electrons. The number of hydrogen-bond acceptors (Lipinski definition) is 6. The normalized spacial score (nSPS) is 10.6. The fraction of sp³-hybridized carbons (Fsp3) is 0.250. The molecule has 124 valence electrons. The average molecular weight is 342 g/mol. The summed E-state index contributed by atoms with van der Waals surface area (Å²) in [6.45, 7) is 5.00. The van der Waals surface area contributed by atoms with E-state index in [2.05, 4.69) is 25.9 Å². The van der Waals surface area contributed by atoms with E-state index < -0.39 is 0 Å². The Morgan fingerprint density at radius 1 is 1.21 bits per heavy atom. The van der Waals surface area contributed by atoms with Crippen LogP contribution in [0, 0.1) is 13.8 Å². The van der Waals surface area contributed by atoms with Gasteiger partial charge in [-0.1, -0.05) is 0 Å². The summed E-state index contributed by atoms with van der Waals surface area (Å²) in [4.78, 5) is 11.8. The molecule has 0 spiro atoms. The van der Waals surface area contributed by atoms with E-state index in [0.717, 1.165) is 11.4 Å². The SMILES string of the molecule is Cc1cc(C)n(-c2ccc(NCCNC(=O)c3ccsc3)nn2)n1. The Morgan fingerprint density at radius 3 is 2.71 bits per heavy atom. The Morgan fingerprint density at radius 2 is 2.08 bits per heavy atom. The zero-order valence-electron chi connectivity index (χ0n) is 13.5. The van der Waals surface area contributed by atoms with Crippen LogP contribution in [0.25, 0.3) is 5.82 Å². The lowest BCUT2D eigenvalue weighted by Gasteiger charge is -2.07. The summed E-state index contributed by atoms with van der Waals surface area (Å²) in [5.74, 6) is 1.27. The molecule has 0 unspecified atom stereocenters. The van der Waals surface area contributed by atoms with Gasteiger partial charge in [0, 0.05) is 29.7 Å². The highest BCUT2D eigenvalue weighted by molar-refractivity contribution is 7.08. The fourth-order valence-corrected chi connectivity index (χ4v) is 2.89. The molecular formula is C16H18N6OS. The molecule has 0 saturated heterocycles. The van der Waals surface area contributed by atoms with Crippen LogP contribution in [0.5, 0.6) is 0 Å². The minimum Gasteiger partial charge on any atom is -0.367 e. The van der Waals surface area contributed by atoms with E-state index in [0.29, 0.717) is 30.3 Å². The molecule has 0 aromatic carbocycles. The van der Waals surface area contributed by atoms with Gasteiger partial charge in [-0.3, -0.25) is 4.79 Å². The van der Waals surface area contributed by atoms with Crippen LogP contribution in [-0.2, 0) is 0 Å². The van der Waals surface area contributed by atoms with Crippen molar-refractivity contribution < 1.29 is 4.79 Å². The molecule has 0 fully saturated rings. The van der Waals surface area contributed by atoms with Gasteiger partial charge in [0.15, 0.2) is 5.82 Å². The first-order valence-corrected chi connectivity index (χ1v) is 8.49. The van der Waals surface area contributed by atoms with Crippen LogP contribution in [0.3, 0.4) is 0 Å². The van der Waals surface area contributed by atoms with E-state index in [1.807, 2.05) is 42.8 Å². The summed E-state index contributed by atoms with van der Waals surface area (Å²) >= 11 is 1.50. The van der Waals surface area contributed by atoms with Crippen molar-refractivity contribution in [1.29, 1.82) is 0 Å². The topological polar surface area (TPSA) is 84.7 Å². The lowest BCUT2D eigenvalue weighted by atomic mass is 10.3. The minimum atomic E-state index is -0.0657. The van der Waals surface area contributed by atoms with Crippen molar-refractivity contribution >= 4 is 23.1 Å². The third-order valence-electron chi connectivity index (χ3n) is 3.38. The quantitative estimate of drug-likeness (QED) is 0.671. The molecule has 3 heterocycles. The van der Waals surface area contributed by atoms with Gasteiger partial charge >= 0.3 is 0 Å². The first-order chi connectivity index (χ1) is 11.6. The Labute approximate surface area is 143 Å². The third kappa shape index (κ3) is 3.77. The molecule has 0 aliphatic rings. The summed E-state index contributed by atoms with van der Waals surface area (Å²) in [6.07, 6.45) is 0. The Hall–Kier alpha value is -2.74. The zero-order valence-corrected chi connectivity index (χ0v) is 14.3. The van der Waals surface area contributed by atoms with Crippen LogP contribution in [-0.4, -0.2) is 39.0 Å². The molecule has 3 rings (SSSR count). The standard InChI is InChI=1S/C16H18N6OS/c1-11-9-12(2)22(21-11)15-4-3-14(19-20-15)17-6-7-18-16(23)13-5-8-24-10-13/h3-5,8-10H,6-7H2,1-2H3,(H,17,19)(H,18,23). The van der Waals surface area contributed by atoms with Crippen LogP contribution in [0.15, 0.2) is 35.0 Å². The number of rotatable bonds is 6. The molecule has 0 aliphatic heterocycles. The van der Waals surface area contributed by atoms with Gasteiger partial charge < -0.3 is 10.6 Å². The van der Waals surface area contributed by atoms with Crippen molar-refractivity contribution in [2.24, 2.45) is 0 Å².